The van der Waals surface area contributed by atoms with Crippen LogP contribution >= 0.6 is 0 Å². The molecule has 0 amide bonds. The maximum atomic E-state index is 8.56. The minimum Gasteiger partial charge on any atom is -1.00 e. The van der Waals surface area contributed by atoms with Crippen LogP contribution in [0.3, 0.4) is 0 Å². The summed E-state index contributed by atoms with van der Waals surface area (Å²) in [6.07, 6.45) is -9.17. The van der Waals surface area contributed by atoms with Gasteiger partial charge in [-0.2, -0.15) is 0 Å². The van der Waals surface area contributed by atoms with Gasteiger partial charge in [-0.25, -0.2) is 24.0 Å². The fourth-order valence-electron chi connectivity index (χ4n) is 0. The Morgan fingerprint density at radius 1 is 0.348 bits per heavy atom. The van der Waals surface area contributed by atoms with E-state index in [4.69, 9.17) is 75.0 Å². The Morgan fingerprint density at radius 2 is 0.348 bits per heavy atom. The third kappa shape index (κ3) is 537000. The molecule has 0 fully saturated rings. The molecule has 10 N–H and O–H groups in total. The van der Waals surface area contributed by atoms with Crippen molar-refractivity contribution in [2.24, 2.45) is 0 Å². The molecule has 0 aromatic carbocycles. The average molecular weight is 436 g/mol. The third-order valence-electron chi connectivity index (χ3n) is 0. The number of rotatable bonds is 0. The van der Waals surface area contributed by atoms with Crippen LogP contribution in [-0.2, 0) is 0 Å². The van der Waals surface area contributed by atoms with Gasteiger partial charge in [-0.05, 0) is 0 Å². The van der Waals surface area contributed by atoms with Crippen molar-refractivity contribution in [2.45, 2.75) is 0 Å². The Kier molecular flexibility index (Phi) is 92.9. The number of hydrogen-bond acceptors (Lipinski definition) is 5. The van der Waals surface area contributed by atoms with Crippen LogP contribution in [0.4, 0.5) is 24.0 Å². The van der Waals surface area contributed by atoms with Gasteiger partial charge in [0, 0.05) is 0 Å². The number of carboxylic acid groups (broad SMARTS) is 10. The molecule has 0 bridgehead atoms. The predicted octanol–water partition coefficient (Wildman–Crippen LogP) is 0.645. The molecule has 15 nitrogen and oxygen atoms in total. The van der Waals surface area contributed by atoms with Crippen molar-refractivity contribution in [1.29, 1.82) is 0 Å². The summed E-state index contributed by atoms with van der Waals surface area (Å²) in [5.74, 6) is 0. The van der Waals surface area contributed by atoms with Crippen molar-refractivity contribution < 1.29 is 83.6 Å². The second-order valence-electron chi connectivity index (χ2n) is 1.41. The van der Waals surface area contributed by atoms with Crippen LogP contribution in [0.25, 0.3) is 0 Å². The van der Waals surface area contributed by atoms with E-state index in [1.54, 1.807) is 0 Å². The van der Waals surface area contributed by atoms with Crippen LogP contribution in [0.15, 0.2) is 0 Å². The number of carbonyl (C=O) groups is 5. The maximum absolute atomic E-state index is 8.56. The van der Waals surface area contributed by atoms with Gasteiger partial charge >= 0.3 is 144 Å². The molecule has 0 rings (SSSR count). The molecule has 0 aromatic rings. The molecule has 18 heteroatoms. The fraction of sp³-hybridized carbons (Fsp3) is 0. The molecule has 0 unspecified atom stereocenters. The van der Waals surface area contributed by atoms with E-state index < -0.39 is 30.8 Å². The van der Waals surface area contributed by atoms with Crippen LogP contribution in [-0.4, -0.2) is 195 Å². The Hall–Kier alpha value is 0.129. The Bertz CT molecular complexity index is 235. The molecule has 0 aliphatic heterocycles. The summed E-state index contributed by atoms with van der Waals surface area (Å²) in [5.41, 5.74) is 0. The Morgan fingerprint density at radius 3 is 0.348 bits per heavy atom. The monoisotopic (exact) mass is 436 g/mol. The molecule has 0 aromatic heterocycles. The van der Waals surface area contributed by atoms with Crippen molar-refractivity contribution in [3.8, 4) is 0 Å². The van der Waals surface area contributed by atoms with Crippen LogP contribution in [0.1, 0.15) is 8.56 Å². The van der Waals surface area contributed by atoms with Crippen LogP contribution in [0, 0.1) is 0 Å². The summed E-state index contributed by atoms with van der Waals surface area (Å²) < 4.78 is 0. The van der Waals surface area contributed by atoms with Gasteiger partial charge in [-0.15, -0.1) is 0 Å². The first kappa shape index (κ1) is 49.5. The molecule has 0 heterocycles. The van der Waals surface area contributed by atoms with Gasteiger partial charge in [0.15, 0.2) is 0 Å². The molecule has 0 saturated heterocycles. The normalized spacial score (nSPS) is 5.22. The minimum absolute atomic E-state index is 0. The molecule has 0 atom stereocenters. The van der Waals surface area contributed by atoms with E-state index in [1.165, 1.54) is 0 Å². The predicted molar refractivity (Wildman–Crippen MR) is 77.2 cm³/mol. The first-order valence-corrected chi connectivity index (χ1v) is 3.26. The van der Waals surface area contributed by atoms with E-state index in [2.05, 4.69) is 0 Å². The average Bonchev–Trinajstić information content (AvgIpc) is 1.94. The van der Waals surface area contributed by atoms with Gasteiger partial charge in [-0.3, -0.25) is 0 Å². The maximum Gasteiger partial charge on any atom is 2.00 e. The second-order valence-corrected chi connectivity index (χ2v) is 1.41. The summed E-state index contributed by atoms with van der Waals surface area (Å²) in [5, 5.41) is 69.7. The van der Waals surface area contributed by atoms with Crippen molar-refractivity contribution >= 4 is 144 Å². The Labute approximate surface area is 224 Å². The van der Waals surface area contributed by atoms with Gasteiger partial charge < -0.3 is 59.6 Å². The Balaban J connectivity index is -0.00000000750. The SMILES string of the molecule is O=C(O)O.O=C(O)O.O=C(O)O.O=C(O)O.O=C(O)O.[Ca+2].[Ca+2].[Ca+2].[H-].[H-].[H-].[H-].[H-].[H-]. The van der Waals surface area contributed by atoms with Gasteiger partial charge in [0.25, 0.3) is 0 Å². The topological polar surface area (TPSA) is 288 Å². The minimum atomic E-state index is -1.83. The van der Waals surface area contributed by atoms with Crippen LogP contribution in [0.2, 0.25) is 0 Å². The van der Waals surface area contributed by atoms with Crippen LogP contribution in [0.5, 0.6) is 0 Å². The number of hydrogen-bond donors (Lipinski definition) is 10. The van der Waals surface area contributed by atoms with Crippen molar-refractivity contribution in [1.82, 2.24) is 0 Å². The van der Waals surface area contributed by atoms with Crippen molar-refractivity contribution in [3.63, 3.8) is 0 Å². The molecule has 0 saturated carbocycles. The first-order chi connectivity index (χ1) is 8.66. The van der Waals surface area contributed by atoms with E-state index >= 15 is 0 Å². The standard InChI is InChI=1S/5CH2O3.3Ca.6H/c5*2-1(3)4;;;;;;;;;/h5*(H2,2,3,4);;;;;;;;;/q;;;;;3*+2;6*-1. The molecule has 0 aliphatic carbocycles. The zero-order valence-electron chi connectivity index (χ0n) is 17.1. The quantitative estimate of drug-likeness (QED) is 0.233. The zero-order chi connectivity index (χ0) is 17.9. The van der Waals surface area contributed by atoms with Crippen molar-refractivity contribution in [3.05, 3.63) is 0 Å². The van der Waals surface area contributed by atoms with E-state index in [0.717, 1.165) is 0 Å². The molecule has 0 spiro atoms. The second kappa shape index (κ2) is 43.2. The molecular formula is C5H16Ca3O15. The summed E-state index contributed by atoms with van der Waals surface area (Å²) in [6, 6.07) is 0. The fourth-order valence-corrected chi connectivity index (χ4v) is 0. The summed E-state index contributed by atoms with van der Waals surface area (Å²) in [6.45, 7) is 0. The van der Waals surface area contributed by atoms with E-state index in [0.29, 0.717) is 0 Å². The van der Waals surface area contributed by atoms with Gasteiger partial charge in [0.2, 0.25) is 0 Å². The van der Waals surface area contributed by atoms with Gasteiger partial charge in [0.05, 0.1) is 0 Å². The summed E-state index contributed by atoms with van der Waals surface area (Å²) in [4.78, 5) is 42.8. The summed E-state index contributed by atoms with van der Waals surface area (Å²) in [7, 11) is 0. The first-order valence-electron chi connectivity index (χ1n) is 3.26. The van der Waals surface area contributed by atoms with Gasteiger partial charge in [-0.1, -0.05) is 0 Å². The molecule has 0 radical (unpaired) electrons. The zero-order valence-corrected chi connectivity index (χ0v) is 17.8. The molecule has 0 aliphatic rings. The summed E-state index contributed by atoms with van der Waals surface area (Å²) >= 11 is 0. The van der Waals surface area contributed by atoms with Crippen molar-refractivity contribution in [2.75, 3.05) is 0 Å². The smallest absolute Gasteiger partial charge is 1.00 e. The van der Waals surface area contributed by atoms with Gasteiger partial charge in [0.1, 0.15) is 0 Å². The molecular weight excluding hydrogens is 420 g/mol. The van der Waals surface area contributed by atoms with E-state index in [1.807, 2.05) is 0 Å². The van der Waals surface area contributed by atoms with E-state index in [-0.39, 0.29) is 122 Å². The third-order valence-corrected chi connectivity index (χ3v) is 0. The largest absolute Gasteiger partial charge is 2.00 e. The molecule has 23 heavy (non-hydrogen) atoms. The molecule has 132 valence electrons. The van der Waals surface area contributed by atoms with E-state index in [9.17, 15) is 0 Å². The van der Waals surface area contributed by atoms with Crippen LogP contribution < -0.4 is 0 Å².